The Morgan fingerprint density at radius 3 is 2.52 bits per heavy atom. The maximum Gasteiger partial charge on any atom is 0.335 e. The van der Waals surface area contributed by atoms with Crippen LogP contribution in [0.25, 0.3) is 6.08 Å². The van der Waals surface area contributed by atoms with E-state index in [0.29, 0.717) is 20.6 Å². The zero-order valence-corrected chi connectivity index (χ0v) is 24.3. The maximum atomic E-state index is 13.3. The summed E-state index contributed by atoms with van der Waals surface area (Å²) in [5, 5.41) is 16.0. The molecule has 5 amide bonds. The molecular formula is C29H25BrN4O8. The van der Waals surface area contributed by atoms with Crippen LogP contribution < -0.4 is 25.0 Å². The number of imide groups is 2. The highest BCUT2D eigenvalue weighted by Crippen LogP contribution is 2.38. The summed E-state index contributed by atoms with van der Waals surface area (Å²) in [6, 6.07) is 12.5. The van der Waals surface area contributed by atoms with Crippen molar-refractivity contribution in [1.29, 1.82) is 0 Å². The summed E-state index contributed by atoms with van der Waals surface area (Å²) in [6.07, 6.45) is 1.25. The molecule has 0 saturated carbocycles. The number of nitro groups is 1. The van der Waals surface area contributed by atoms with Gasteiger partial charge in [0.15, 0.2) is 18.1 Å². The number of aryl methyl sites for hydroxylation is 2. The van der Waals surface area contributed by atoms with Crippen LogP contribution in [-0.2, 0) is 14.4 Å². The van der Waals surface area contributed by atoms with Crippen LogP contribution in [0.5, 0.6) is 11.5 Å². The van der Waals surface area contributed by atoms with E-state index in [2.05, 4.69) is 26.6 Å². The van der Waals surface area contributed by atoms with E-state index >= 15 is 0 Å². The molecule has 0 unspecified atom stereocenters. The number of urea groups is 1. The van der Waals surface area contributed by atoms with Gasteiger partial charge in [-0.2, -0.15) is 0 Å². The van der Waals surface area contributed by atoms with Crippen LogP contribution in [0.4, 0.5) is 21.9 Å². The van der Waals surface area contributed by atoms with Gasteiger partial charge in [0.25, 0.3) is 23.4 Å². The molecule has 0 aliphatic carbocycles. The van der Waals surface area contributed by atoms with Gasteiger partial charge in [0.05, 0.1) is 21.7 Å². The van der Waals surface area contributed by atoms with E-state index in [1.165, 1.54) is 30.3 Å². The fraction of sp³-hybridized carbons (Fsp3) is 0.172. The van der Waals surface area contributed by atoms with Crippen LogP contribution in [-0.4, -0.2) is 41.9 Å². The van der Waals surface area contributed by atoms with E-state index in [1.807, 2.05) is 26.0 Å². The SMILES string of the molecule is CCOc1cc(/C=C2/C(=O)NC(=O)N(c3cccc([N+](=O)[O-])c3)C2=O)cc(Br)c1OCC(=O)Nc1ccc(C)c(C)c1. The Morgan fingerprint density at radius 1 is 1.07 bits per heavy atom. The molecule has 0 radical (unpaired) electrons. The first-order chi connectivity index (χ1) is 20.0. The average Bonchev–Trinajstić information content (AvgIpc) is 2.93. The van der Waals surface area contributed by atoms with Gasteiger partial charge in [-0.15, -0.1) is 0 Å². The van der Waals surface area contributed by atoms with E-state index in [1.54, 1.807) is 19.1 Å². The van der Waals surface area contributed by atoms with Gasteiger partial charge in [-0.25, -0.2) is 9.69 Å². The third-order valence-electron chi connectivity index (χ3n) is 6.18. The molecule has 216 valence electrons. The van der Waals surface area contributed by atoms with Crippen LogP contribution in [0, 0.1) is 24.0 Å². The van der Waals surface area contributed by atoms with E-state index in [0.717, 1.165) is 17.2 Å². The highest BCUT2D eigenvalue weighted by atomic mass is 79.9. The van der Waals surface area contributed by atoms with Crippen molar-refractivity contribution in [3.8, 4) is 11.5 Å². The second kappa shape index (κ2) is 12.6. The number of halogens is 1. The molecule has 12 nitrogen and oxygen atoms in total. The number of benzene rings is 3. The third-order valence-corrected chi connectivity index (χ3v) is 6.77. The Bertz CT molecular complexity index is 1650. The lowest BCUT2D eigenvalue weighted by molar-refractivity contribution is -0.384. The number of nitrogens with one attached hydrogen (secondary N) is 2. The molecule has 0 atom stereocenters. The van der Waals surface area contributed by atoms with Crippen LogP contribution >= 0.6 is 15.9 Å². The Labute approximate surface area is 248 Å². The second-order valence-electron chi connectivity index (χ2n) is 9.13. The maximum absolute atomic E-state index is 13.3. The lowest BCUT2D eigenvalue weighted by Gasteiger charge is -2.26. The molecule has 1 aliphatic heterocycles. The first-order valence-corrected chi connectivity index (χ1v) is 13.4. The molecule has 2 N–H and O–H groups in total. The Morgan fingerprint density at radius 2 is 1.83 bits per heavy atom. The number of hydrogen-bond donors (Lipinski definition) is 2. The van der Waals surface area contributed by atoms with Crippen LogP contribution in [0.3, 0.4) is 0 Å². The molecule has 3 aromatic carbocycles. The van der Waals surface area contributed by atoms with Crippen molar-refractivity contribution in [1.82, 2.24) is 5.32 Å². The topological polar surface area (TPSA) is 157 Å². The van der Waals surface area contributed by atoms with Crippen molar-refractivity contribution in [2.45, 2.75) is 20.8 Å². The van der Waals surface area contributed by atoms with Crippen LogP contribution in [0.15, 0.2) is 64.6 Å². The van der Waals surface area contributed by atoms with Gasteiger partial charge < -0.3 is 14.8 Å². The second-order valence-corrected chi connectivity index (χ2v) is 9.99. The highest BCUT2D eigenvalue weighted by molar-refractivity contribution is 9.10. The molecule has 1 fully saturated rings. The van der Waals surface area contributed by atoms with E-state index < -0.39 is 34.2 Å². The molecule has 4 rings (SSSR count). The van der Waals surface area contributed by atoms with E-state index in [-0.39, 0.29) is 36.1 Å². The number of amides is 5. The number of barbiturate groups is 1. The monoisotopic (exact) mass is 636 g/mol. The molecule has 1 aliphatic rings. The van der Waals surface area contributed by atoms with Gasteiger partial charge in [-0.3, -0.25) is 29.8 Å². The summed E-state index contributed by atoms with van der Waals surface area (Å²) in [7, 11) is 0. The van der Waals surface area contributed by atoms with Crippen molar-refractivity contribution in [3.05, 3.63) is 91.4 Å². The lowest BCUT2D eigenvalue weighted by Crippen LogP contribution is -2.54. The number of anilines is 2. The fourth-order valence-electron chi connectivity index (χ4n) is 4.03. The largest absolute Gasteiger partial charge is 0.490 e. The molecule has 1 heterocycles. The summed E-state index contributed by atoms with van der Waals surface area (Å²) in [5.41, 5.74) is 2.29. The van der Waals surface area contributed by atoms with E-state index in [9.17, 15) is 29.3 Å². The standard InChI is InChI=1S/C29H25BrN4O8/c1-4-41-24-13-18(12-23(30)26(24)42-15-25(35)31-19-9-8-16(2)17(3)10-19)11-22-27(36)32-29(38)33(28(22)37)20-6-5-7-21(14-20)34(39)40/h5-14H,4,15H2,1-3H3,(H,31,35)(H,32,36,38)/b22-11-. The van der Waals surface area contributed by atoms with Gasteiger partial charge >= 0.3 is 6.03 Å². The van der Waals surface area contributed by atoms with Gasteiger partial charge in [-0.1, -0.05) is 12.1 Å². The first-order valence-electron chi connectivity index (χ1n) is 12.6. The van der Waals surface area contributed by atoms with Crippen LogP contribution in [0.2, 0.25) is 0 Å². The number of hydrogen-bond acceptors (Lipinski definition) is 8. The van der Waals surface area contributed by atoms with Crippen molar-refractivity contribution in [3.63, 3.8) is 0 Å². The van der Waals surface area contributed by atoms with Gasteiger partial charge in [0.2, 0.25) is 0 Å². The van der Waals surface area contributed by atoms with Gasteiger partial charge in [-0.05, 0) is 89.8 Å². The molecule has 13 heteroatoms. The number of ether oxygens (including phenoxy) is 2. The number of rotatable bonds is 9. The summed E-state index contributed by atoms with van der Waals surface area (Å²) in [5.74, 6) is -1.85. The predicted octanol–water partition coefficient (Wildman–Crippen LogP) is 5.06. The first kappa shape index (κ1) is 29.9. The number of carbonyl (C=O) groups excluding carboxylic acids is 4. The highest BCUT2D eigenvalue weighted by Gasteiger charge is 2.37. The molecule has 0 spiro atoms. The number of nitro benzene ring substituents is 1. The van der Waals surface area contributed by atoms with E-state index in [4.69, 9.17) is 9.47 Å². The minimum absolute atomic E-state index is 0.0795. The van der Waals surface area contributed by atoms with Crippen molar-refractivity contribution in [2.75, 3.05) is 23.4 Å². The third kappa shape index (κ3) is 6.63. The zero-order chi connectivity index (χ0) is 30.6. The minimum atomic E-state index is -1.04. The van der Waals surface area contributed by atoms with Crippen LogP contribution in [0.1, 0.15) is 23.6 Å². The average molecular weight is 637 g/mol. The molecule has 0 bridgehead atoms. The summed E-state index contributed by atoms with van der Waals surface area (Å²) < 4.78 is 11.8. The summed E-state index contributed by atoms with van der Waals surface area (Å²) in [4.78, 5) is 62.1. The number of nitrogens with zero attached hydrogens (tertiary/aromatic N) is 2. The van der Waals surface area contributed by atoms with Crippen molar-refractivity contribution in [2.24, 2.45) is 0 Å². The van der Waals surface area contributed by atoms with Gasteiger partial charge in [0.1, 0.15) is 5.57 Å². The molecule has 42 heavy (non-hydrogen) atoms. The molecule has 3 aromatic rings. The quantitative estimate of drug-likeness (QED) is 0.143. The number of carbonyl (C=O) groups is 4. The molecule has 1 saturated heterocycles. The van der Waals surface area contributed by atoms with Crippen molar-refractivity contribution < 1.29 is 33.6 Å². The fourth-order valence-corrected chi connectivity index (χ4v) is 4.61. The van der Waals surface area contributed by atoms with Crippen molar-refractivity contribution >= 4 is 62.8 Å². The zero-order valence-electron chi connectivity index (χ0n) is 22.7. The summed E-state index contributed by atoms with van der Waals surface area (Å²) >= 11 is 3.40. The number of non-ortho nitro benzene ring substituents is 1. The normalized spacial score (nSPS) is 14.0. The molecular weight excluding hydrogens is 612 g/mol. The van der Waals surface area contributed by atoms with Gasteiger partial charge in [0, 0.05) is 17.8 Å². The minimum Gasteiger partial charge on any atom is -0.490 e. The predicted molar refractivity (Wildman–Crippen MR) is 157 cm³/mol. The lowest BCUT2D eigenvalue weighted by atomic mass is 10.1. The molecule has 0 aromatic heterocycles. The Hall–Kier alpha value is -5.04. The Balaban J connectivity index is 1.59. The summed E-state index contributed by atoms with van der Waals surface area (Å²) in [6.45, 7) is 5.58. The Kier molecular flexibility index (Phi) is 9.01. The smallest absolute Gasteiger partial charge is 0.335 e.